The lowest BCUT2D eigenvalue weighted by Gasteiger charge is -2.36. The molecule has 46 heavy (non-hydrogen) atoms. The van der Waals surface area contributed by atoms with E-state index >= 15 is 0 Å². The molecule has 2 unspecified atom stereocenters. The van der Waals surface area contributed by atoms with Crippen LogP contribution in [0.2, 0.25) is 0 Å². The number of hydrogen-bond donors (Lipinski definition) is 4. The molecule has 11 nitrogen and oxygen atoms in total. The number of allylic oxidation sites excluding steroid dienone is 2. The van der Waals surface area contributed by atoms with Gasteiger partial charge in [0, 0.05) is 38.0 Å². The standard InChI is InChI=1S/C31H42F3N7O4S/c1-4-29(2)18-21-6-5-15-37-26-10-7-22(20-40(26)3)46(43,44)39-28(42)23-8-9-25(38-27(23)41(29)19-21)36-16-11-24(35)45-17-14-30(12-13-30)31(32,33)34/h7-11,16,21,35,37H,4-6,12-15,17-20H2,1-3H3,(H,36,38)(H,39,42)/b16-11-,35-24?. The first-order valence-corrected chi connectivity index (χ1v) is 17.1. The Morgan fingerprint density at radius 3 is 2.72 bits per heavy atom. The molecule has 5 aliphatic rings. The first-order chi connectivity index (χ1) is 21.7. The summed E-state index contributed by atoms with van der Waals surface area (Å²) in [4.78, 5) is 22.3. The highest BCUT2D eigenvalue weighted by atomic mass is 32.2. The summed E-state index contributed by atoms with van der Waals surface area (Å²) in [6, 6.07) is 3.05. The van der Waals surface area contributed by atoms with Gasteiger partial charge >= 0.3 is 6.18 Å². The van der Waals surface area contributed by atoms with Crippen LogP contribution in [0.25, 0.3) is 0 Å². The van der Waals surface area contributed by atoms with Gasteiger partial charge in [0.2, 0.25) is 5.90 Å². The second kappa shape index (κ2) is 12.8. The van der Waals surface area contributed by atoms with Gasteiger partial charge in [-0.15, -0.1) is 0 Å². The van der Waals surface area contributed by atoms with Crippen LogP contribution in [0.4, 0.5) is 24.8 Å². The van der Waals surface area contributed by atoms with Crippen LogP contribution in [0.1, 0.15) is 69.2 Å². The van der Waals surface area contributed by atoms with Gasteiger partial charge in [-0.2, -0.15) is 13.2 Å². The molecule has 4 bridgehead atoms. The number of hydrogen-bond acceptors (Lipinski definition) is 10. The van der Waals surface area contributed by atoms with Crippen molar-refractivity contribution < 1.29 is 31.1 Å². The molecule has 1 aromatic heterocycles. The maximum atomic E-state index is 13.6. The maximum absolute atomic E-state index is 13.6. The number of aromatic nitrogens is 1. The van der Waals surface area contributed by atoms with Gasteiger partial charge in [-0.1, -0.05) is 6.92 Å². The molecule has 5 heterocycles. The van der Waals surface area contributed by atoms with Crippen molar-refractivity contribution in [3.63, 3.8) is 0 Å². The van der Waals surface area contributed by atoms with E-state index in [0.717, 1.165) is 38.0 Å². The normalized spacial score (nSPS) is 25.7. The Kier molecular flexibility index (Phi) is 9.35. The smallest absolute Gasteiger partial charge is 0.394 e. The predicted molar refractivity (Wildman–Crippen MR) is 170 cm³/mol. The van der Waals surface area contributed by atoms with E-state index in [0.29, 0.717) is 24.1 Å². The number of pyridine rings is 1. The molecular formula is C31H42F3N7O4S. The quantitative estimate of drug-likeness (QED) is 0.238. The number of sulfonamides is 1. The molecule has 2 atom stereocenters. The van der Waals surface area contributed by atoms with Crippen molar-refractivity contribution in [3.05, 3.63) is 52.9 Å². The van der Waals surface area contributed by atoms with Crippen LogP contribution in [0.15, 0.2) is 47.3 Å². The number of halogens is 3. The maximum Gasteiger partial charge on any atom is 0.394 e. The predicted octanol–water partition coefficient (Wildman–Crippen LogP) is 4.84. The molecule has 4 N–H and O–H groups in total. The van der Waals surface area contributed by atoms with Gasteiger partial charge < -0.3 is 25.2 Å². The molecule has 6 rings (SSSR count). The van der Waals surface area contributed by atoms with Gasteiger partial charge in [-0.05, 0) is 82.1 Å². The van der Waals surface area contributed by atoms with Crippen molar-refractivity contribution in [3.8, 4) is 0 Å². The number of carbonyl (C=O) groups is 1. The van der Waals surface area contributed by atoms with E-state index < -0.39 is 27.5 Å². The average molecular weight is 666 g/mol. The van der Waals surface area contributed by atoms with E-state index in [1.807, 2.05) is 0 Å². The number of amides is 1. The molecule has 1 saturated heterocycles. The Morgan fingerprint density at radius 1 is 1.28 bits per heavy atom. The van der Waals surface area contributed by atoms with Gasteiger partial charge in [-0.25, -0.2) is 18.1 Å². The Balaban J connectivity index is 1.37. The molecule has 15 heteroatoms. The Morgan fingerprint density at radius 2 is 2.04 bits per heavy atom. The number of alkyl halides is 3. The van der Waals surface area contributed by atoms with Crippen molar-refractivity contribution >= 4 is 33.5 Å². The zero-order chi connectivity index (χ0) is 33.3. The molecular weight excluding hydrogens is 623 g/mol. The van der Waals surface area contributed by atoms with Gasteiger partial charge in [0.15, 0.2) is 0 Å². The van der Waals surface area contributed by atoms with E-state index in [1.54, 1.807) is 18.0 Å². The zero-order valence-electron chi connectivity index (χ0n) is 26.3. The highest BCUT2D eigenvalue weighted by molar-refractivity contribution is 7.94. The van der Waals surface area contributed by atoms with Gasteiger partial charge in [0.05, 0.1) is 29.0 Å². The van der Waals surface area contributed by atoms with Crippen molar-refractivity contribution in [1.29, 1.82) is 5.41 Å². The number of ether oxygens (including phenoxy) is 1. The molecule has 1 saturated carbocycles. The lowest BCUT2D eigenvalue weighted by molar-refractivity contribution is -0.190. The van der Waals surface area contributed by atoms with Crippen LogP contribution in [-0.2, 0) is 14.8 Å². The number of nitrogens with one attached hydrogen (secondary N) is 4. The Labute approximate surface area is 267 Å². The largest absolute Gasteiger partial charge is 0.478 e. The topological polar surface area (TPSA) is 140 Å². The Hall–Kier alpha value is -3.75. The molecule has 4 aliphatic heterocycles. The minimum absolute atomic E-state index is 0.0638. The summed E-state index contributed by atoms with van der Waals surface area (Å²) in [6.45, 7) is 5.45. The molecule has 0 radical (unpaired) electrons. The van der Waals surface area contributed by atoms with Gasteiger partial charge in [0.1, 0.15) is 17.5 Å². The minimum Gasteiger partial charge on any atom is -0.478 e. The molecule has 0 spiro atoms. The zero-order valence-corrected chi connectivity index (χ0v) is 27.2. The summed E-state index contributed by atoms with van der Waals surface area (Å²) in [5, 5.41) is 14.3. The van der Waals surface area contributed by atoms with E-state index in [9.17, 15) is 26.4 Å². The van der Waals surface area contributed by atoms with Gasteiger partial charge in [0.25, 0.3) is 15.9 Å². The van der Waals surface area contributed by atoms with E-state index in [1.165, 1.54) is 30.5 Å². The third-order valence-corrected chi connectivity index (χ3v) is 11.0. The van der Waals surface area contributed by atoms with Crippen LogP contribution in [-0.4, -0.2) is 75.1 Å². The molecule has 2 fully saturated rings. The lowest BCUT2D eigenvalue weighted by atomic mass is 9.89. The number of carbonyl (C=O) groups excluding carboxylic acids is 1. The first kappa shape index (κ1) is 33.6. The molecule has 1 aromatic rings. The fourth-order valence-corrected chi connectivity index (χ4v) is 7.48. The molecule has 1 amide bonds. The molecule has 0 aromatic carbocycles. The first-order valence-electron chi connectivity index (χ1n) is 15.6. The summed E-state index contributed by atoms with van der Waals surface area (Å²) >= 11 is 0. The van der Waals surface area contributed by atoms with Crippen LogP contribution >= 0.6 is 0 Å². The second-order valence-corrected chi connectivity index (χ2v) is 14.6. The highest BCUT2D eigenvalue weighted by Crippen LogP contribution is 2.59. The summed E-state index contributed by atoms with van der Waals surface area (Å²) < 4.78 is 73.5. The monoisotopic (exact) mass is 665 g/mol. The lowest BCUT2D eigenvalue weighted by Crippen LogP contribution is -2.43. The number of fused-ring (bicyclic) bond motifs is 7. The Bertz CT molecular complexity index is 1560. The van der Waals surface area contributed by atoms with Crippen molar-refractivity contribution in [2.75, 3.05) is 43.5 Å². The molecule has 252 valence electrons. The summed E-state index contributed by atoms with van der Waals surface area (Å²) in [7, 11) is -2.36. The van der Waals surface area contributed by atoms with E-state index in [4.69, 9.17) is 15.1 Å². The van der Waals surface area contributed by atoms with E-state index in [2.05, 4.69) is 34.1 Å². The number of rotatable bonds is 7. The third-order valence-electron chi connectivity index (χ3n) is 9.62. The number of nitrogens with zero attached hydrogens (tertiary/aromatic N) is 3. The highest BCUT2D eigenvalue weighted by Gasteiger charge is 2.62. The number of likely N-dealkylation sites (N-methyl/N-ethyl adjacent to an activating group) is 1. The fraction of sp³-hybridized carbons (Fsp3) is 0.581. The summed E-state index contributed by atoms with van der Waals surface area (Å²) in [5.41, 5.74) is -1.92. The van der Waals surface area contributed by atoms with Crippen LogP contribution < -0.4 is 20.3 Å². The van der Waals surface area contributed by atoms with Crippen molar-refractivity contribution in [2.24, 2.45) is 11.3 Å². The average Bonchev–Trinajstić information content (AvgIpc) is 3.72. The minimum atomic E-state index is -4.27. The van der Waals surface area contributed by atoms with Crippen LogP contribution in [0.5, 0.6) is 0 Å². The van der Waals surface area contributed by atoms with Gasteiger partial charge in [-0.3, -0.25) is 10.2 Å². The summed E-state index contributed by atoms with van der Waals surface area (Å²) in [6.07, 6.45) is 5.09. The van der Waals surface area contributed by atoms with E-state index in [-0.39, 0.29) is 54.3 Å². The second-order valence-electron chi connectivity index (χ2n) is 12.9. The summed E-state index contributed by atoms with van der Waals surface area (Å²) in [5.74, 6) is 0.724. The molecule has 1 aliphatic carbocycles. The fourth-order valence-electron chi connectivity index (χ4n) is 6.38. The van der Waals surface area contributed by atoms with Crippen LogP contribution in [0.3, 0.4) is 0 Å². The van der Waals surface area contributed by atoms with Crippen LogP contribution in [0, 0.1) is 16.7 Å². The van der Waals surface area contributed by atoms with Crippen molar-refractivity contribution in [2.45, 2.75) is 70.5 Å². The van der Waals surface area contributed by atoms with Crippen molar-refractivity contribution in [1.82, 2.24) is 19.9 Å². The number of anilines is 2. The third kappa shape index (κ3) is 7.13. The SMILES string of the molecule is CCC1(C)CC2CCCNC3=CC=C(CN3C)S(=O)(=O)NC(=O)c3ccc(N/C=C\C(=N)OCCC4(C(F)(F)F)CC4)nc3N1C2.